The molecule has 0 N–H and O–H groups in total. The van der Waals surface area contributed by atoms with E-state index in [-0.39, 0.29) is 5.92 Å². The van der Waals surface area contributed by atoms with Crippen molar-refractivity contribution in [2.24, 2.45) is 11.8 Å². The van der Waals surface area contributed by atoms with Crippen LogP contribution in [0.5, 0.6) is 0 Å². The standard InChI is InChI=1S/C7H10O2/c8-3-6-4-9-7-1-5(6)2-7/h3,5-7H,1-2,4H2. The molecule has 2 nitrogen and oxygen atoms in total. The van der Waals surface area contributed by atoms with Gasteiger partial charge in [0.05, 0.1) is 12.7 Å². The van der Waals surface area contributed by atoms with Crippen LogP contribution in [0, 0.1) is 11.8 Å². The van der Waals surface area contributed by atoms with Gasteiger partial charge in [-0.25, -0.2) is 0 Å². The zero-order valence-electron chi connectivity index (χ0n) is 5.25. The van der Waals surface area contributed by atoms with Crippen molar-refractivity contribution in [3.8, 4) is 0 Å². The van der Waals surface area contributed by atoms with Crippen molar-refractivity contribution in [3.63, 3.8) is 0 Å². The third-order valence-corrected chi connectivity index (χ3v) is 2.44. The van der Waals surface area contributed by atoms with Crippen LogP contribution >= 0.6 is 0 Å². The van der Waals surface area contributed by atoms with Crippen molar-refractivity contribution < 1.29 is 9.53 Å². The summed E-state index contributed by atoms with van der Waals surface area (Å²) in [6, 6.07) is 0. The topological polar surface area (TPSA) is 26.3 Å². The molecule has 1 atom stereocenters. The van der Waals surface area contributed by atoms with E-state index < -0.39 is 0 Å². The average Bonchev–Trinajstić information content (AvgIpc) is 1.86. The van der Waals surface area contributed by atoms with Crippen molar-refractivity contribution in [1.82, 2.24) is 0 Å². The summed E-state index contributed by atoms with van der Waals surface area (Å²) in [5.74, 6) is 0.885. The second-order valence-corrected chi connectivity index (χ2v) is 2.99. The van der Waals surface area contributed by atoms with Gasteiger partial charge in [0, 0.05) is 5.92 Å². The summed E-state index contributed by atoms with van der Waals surface area (Å²) in [6.07, 6.45) is 3.80. The van der Waals surface area contributed by atoms with Crippen LogP contribution in [-0.4, -0.2) is 19.0 Å². The van der Waals surface area contributed by atoms with Gasteiger partial charge >= 0.3 is 0 Å². The second kappa shape index (κ2) is 1.81. The number of carbonyl (C=O) groups excluding carboxylic acids is 1. The summed E-state index contributed by atoms with van der Waals surface area (Å²) < 4.78 is 5.32. The molecular weight excluding hydrogens is 116 g/mol. The van der Waals surface area contributed by atoms with E-state index in [1.807, 2.05) is 0 Å². The third-order valence-electron chi connectivity index (χ3n) is 2.44. The van der Waals surface area contributed by atoms with Gasteiger partial charge in [-0.15, -0.1) is 0 Å². The maximum absolute atomic E-state index is 10.3. The van der Waals surface area contributed by atoms with E-state index >= 15 is 0 Å². The van der Waals surface area contributed by atoms with Crippen molar-refractivity contribution >= 4 is 6.29 Å². The lowest BCUT2D eigenvalue weighted by Crippen LogP contribution is -2.45. The molecular formula is C7H10O2. The van der Waals surface area contributed by atoms with E-state index in [2.05, 4.69) is 0 Å². The highest BCUT2D eigenvalue weighted by molar-refractivity contribution is 5.55. The van der Waals surface area contributed by atoms with Gasteiger partial charge in [-0.05, 0) is 18.8 Å². The SMILES string of the molecule is O=CC1COC2CC1C2. The Morgan fingerprint density at radius 2 is 2.22 bits per heavy atom. The molecule has 2 saturated heterocycles. The molecule has 1 aliphatic carbocycles. The molecule has 1 saturated carbocycles. The minimum atomic E-state index is 0.218. The number of hydrogen-bond donors (Lipinski definition) is 0. The smallest absolute Gasteiger partial charge is 0.125 e. The number of hydrogen-bond acceptors (Lipinski definition) is 2. The van der Waals surface area contributed by atoms with Gasteiger partial charge in [0.25, 0.3) is 0 Å². The van der Waals surface area contributed by atoms with Crippen LogP contribution in [0.4, 0.5) is 0 Å². The summed E-state index contributed by atoms with van der Waals surface area (Å²) in [5, 5.41) is 0. The highest BCUT2D eigenvalue weighted by Crippen LogP contribution is 2.40. The zero-order chi connectivity index (χ0) is 6.27. The minimum absolute atomic E-state index is 0.218. The number of ether oxygens (including phenoxy) is 1. The Kier molecular flexibility index (Phi) is 1.09. The van der Waals surface area contributed by atoms with Gasteiger partial charge in [-0.1, -0.05) is 0 Å². The fourth-order valence-electron chi connectivity index (χ4n) is 1.63. The molecule has 50 valence electrons. The average molecular weight is 126 g/mol. The summed E-state index contributed by atoms with van der Waals surface area (Å²) in [7, 11) is 0. The monoisotopic (exact) mass is 126 g/mol. The van der Waals surface area contributed by atoms with Crippen LogP contribution in [0.15, 0.2) is 0 Å². The van der Waals surface area contributed by atoms with E-state index in [1.165, 1.54) is 0 Å². The van der Waals surface area contributed by atoms with Crippen LogP contribution in [0.25, 0.3) is 0 Å². The first-order valence-corrected chi connectivity index (χ1v) is 3.47. The van der Waals surface area contributed by atoms with Gasteiger partial charge in [0.15, 0.2) is 0 Å². The lowest BCUT2D eigenvalue weighted by atomic mass is 9.72. The Balaban J connectivity index is 2.01. The molecule has 3 rings (SSSR count). The highest BCUT2D eigenvalue weighted by atomic mass is 16.5. The molecule has 2 aliphatic heterocycles. The Bertz CT molecular complexity index is 124. The maximum Gasteiger partial charge on any atom is 0.125 e. The highest BCUT2D eigenvalue weighted by Gasteiger charge is 2.40. The van der Waals surface area contributed by atoms with E-state index in [4.69, 9.17) is 4.74 Å². The summed E-state index contributed by atoms with van der Waals surface area (Å²) in [6.45, 7) is 0.679. The third kappa shape index (κ3) is 0.697. The number of fused-ring (bicyclic) bond motifs is 2. The van der Waals surface area contributed by atoms with Gasteiger partial charge in [-0.2, -0.15) is 0 Å². The zero-order valence-corrected chi connectivity index (χ0v) is 5.25. The quantitative estimate of drug-likeness (QED) is 0.481. The van der Waals surface area contributed by atoms with Crippen molar-refractivity contribution in [1.29, 1.82) is 0 Å². The normalized spacial score (nSPS) is 47.8. The maximum atomic E-state index is 10.3. The van der Waals surface area contributed by atoms with Crippen LogP contribution in [0.1, 0.15) is 12.8 Å². The van der Waals surface area contributed by atoms with E-state index in [9.17, 15) is 4.79 Å². The second-order valence-electron chi connectivity index (χ2n) is 2.99. The minimum Gasteiger partial charge on any atom is -0.377 e. The van der Waals surface area contributed by atoms with Crippen molar-refractivity contribution in [3.05, 3.63) is 0 Å². The van der Waals surface area contributed by atoms with E-state index in [0.29, 0.717) is 18.6 Å². The number of rotatable bonds is 1. The van der Waals surface area contributed by atoms with E-state index in [1.54, 1.807) is 0 Å². The number of aldehydes is 1. The summed E-state index contributed by atoms with van der Waals surface area (Å²) in [4.78, 5) is 10.3. The van der Waals surface area contributed by atoms with Crippen LogP contribution in [-0.2, 0) is 9.53 Å². The molecule has 2 heterocycles. The molecule has 2 bridgehead atoms. The fourth-order valence-corrected chi connectivity index (χ4v) is 1.63. The lowest BCUT2D eigenvalue weighted by Gasteiger charge is -2.44. The lowest BCUT2D eigenvalue weighted by molar-refractivity contribution is -0.143. The Morgan fingerprint density at radius 1 is 1.44 bits per heavy atom. The summed E-state index contributed by atoms with van der Waals surface area (Å²) >= 11 is 0. The predicted octanol–water partition coefficient (Wildman–Crippen LogP) is 0.610. The van der Waals surface area contributed by atoms with E-state index in [0.717, 1.165) is 19.1 Å². The number of carbonyl (C=O) groups is 1. The molecule has 3 fully saturated rings. The van der Waals surface area contributed by atoms with Crippen molar-refractivity contribution in [2.45, 2.75) is 18.9 Å². The molecule has 1 unspecified atom stereocenters. The largest absolute Gasteiger partial charge is 0.377 e. The molecule has 0 spiro atoms. The summed E-state index contributed by atoms with van der Waals surface area (Å²) in [5.41, 5.74) is 0. The molecule has 0 aromatic rings. The van der Waals surface area contributed by atoms with Crippen molar-refractivity contribution in [2.75, 3.05) is 6.61 Å². The molecule has 0 amide bonds. The Morgan fingerprint density at radius 3 is 2.56 bits per heavy atom. The van der Waals surface area contributed by atoms with Crippen LogP contribution in [0.3, 0.4) is 0 Å². The predicted molar refractivity (Wildman–Crippen MR) is 32.0 cm³/mol. The molecule has 0 aromatic heterocycles. The van der Waals surface area contributed by atoms with Crippen LogP contribution < -0.4 is 0 Å². The first-order valence-electron chi connectivity index (χ1n) is 3.47. The molecule has 9 heavy (non-hydrogen) atoms. The van der Waals surface area contributed by atoms with Gasteiger partial charge < -0.3 is 9.53 Å². The fraction of sp³-hybridized carbons (Fsp3) is 0.857. The van der Waals surface area contributed by atoms with Gasteiger partial charge in [0.1, 0.15) is 6.29 Å². The van der Waals surface area contributed by atoms with Gasteiger partial charge in [0.2, 0.25) is 0 Å². The van der Waals surface area contributed by atoms with Gasteiger partial charge in [-0.3, -0.25) is 0 Å². The first-order chi connectivity index (χ1) is 4.40. The Hall–Kier alpha value is -0.370. The Labute approximate surface area is 54.2 Å². The molecule has 0 radical (unpaired) electrons. The molecule has 2 heteroatoms. The molecule has 0 aromatic carbocycles. The first kappa shape index (κ1) is 5.42. The van der Waals surface area contributed by atoms with Crippen LogP contribution in [0.2, 0.25) is 0 Å². The molecule has 3 aliphatic rings.